The SMILES string of the molecule is COc1ccc2c(c1)CCC2(O)CNC(=O)[C@@H]1C[C@@H](O)CN1C(=O)[C@@H](n1cc(C2CC2)nn1)C(C)(C)C. The molecule has 2 aliphatic carbocycles. The van der Waals surface area contributed by atoms with Crippen molar-refractivity contribution in [2.75, 3.05) is 20.2 Å². The van der Waals surface area contributed by atoms with E-state index in [0.717, 1.165) is 35.4 Å². The van der Waals surface area contributed by atoms with Gasteiger partial charge >= 0.3 is 0 Å². The number of methoxy groups -OCH3 is 1. The van der Waals surface area contributed by atoms with Crippen LogP contribution in [-0.4, -0.2) is 74.3 Å². The van der Waals surface area contributed by atoms with Crippen molar-refractivity contribution in [3.05, 3.63) is 41.2 Å². The molecule has 1 aromatic carbocycles. The van der Waals surface area contributed by atoms with Gasteiger partial charge < -0.3 is 25.2 Å². The van der Waals surface area contributed by atoms with Gasteiger partial charge in [-0.2, -0.15) is 0 Å². The number of aliphatic hydroxyl groups excluding tert-OH is 1. The monoisotopic (exact) mass is 511 g/mol. The standard InChI is InChI=1S/C27H37N5O5/c1-26(2,3)23(32-14-21(29-30-32)16-5-6-16)25(35)31-13-18(33)12-22(31)24(34)28-15-27(36)10-9-17-11-19(37-4)7-8-20(17)27/h7-8,11,14,16,18,22-23,33,36H,5-6,9-10,12-13,15H2,1-4H3,(H,28,34)/t18-,22+,23-,27?/m1/s1. The van der Waals surface area contributed by atoms with E-state index >= 15 is 0 Å². The van der Waals surface area contributed by atoms with Crippen molar-refractivity contribution >= 4 is 11.8 Å². The summed E-state index contributed by atoms with van der Waals surface area (Å²) >= 11 is 0. The van der Waals surface area contributed by atoms with E-state index in [9.17, 15) is 19.8 Å². The summed E-state index contributed by atoms with van der Waals surface area (Å²) in [6, 6.07) is 4.04. The summed E-state index contributed by atoms with van der Waals surface area (Å²) in [5.74, 6) is 0.481. The number of nitrogens with zero attached hydrogens (tertiary/aromatic N) is 4. The third-order valence-electron chi connectivity index (χ3n) is 7.88. The number of carbonyl (C=O) groups is 2. The molecule has 2 amide bonds. The number of fused-ring (bicyclic) bond motifs is 1. The van der Waals surface area contributed by atoms with Gasteiger partial charge in [0, 0.05) is 25.1 Å². The maximum absolute atomic E-state index is 13.9. The molecule has 10 nitrogen and oxygen atoms in total. The molecule has 3 N–H and O–H groups in total. The number of benzene rings is 1. The molecule has 1 saturated heterocycles. The van der Waals surface area contributed by atoms with Gasteiger partial charge in [-0.15, -0.1) is 5.10 Å². The Morgan fingerprint density at radius 2 is 2.05 bits per heavy atom. The number of ether oxygens (including phenoxy) is 1. The molecule has 2 aromatic rings. The van der Waals surface area contributed by atoms with Crippen LogP contribution in [0, 0.1) is 5.41 Å². The highest BCUT2D eigenvalue weighted by atomic mass is 16.5. The number of carbonyl (C=O) groups excluding carboxylic acids is 2. The van der Waals surface area contributed by atoms with Gasteiger partial charge in [0.05, 0.1) is 25.5 Å². The van der Waals surface area contributed by atoms with Crippen LogP contribution in [0.4, 0.5) is 0 Å². The molecule has 0 radical (unpaired) electrons. The molecule has 1 aliphatic heterocycles. The molecule has 1 unspecified atom stereocenters. The zero-order valence-corrected chi connectivity index (χ0v) is 22.0. The predicted octanol–water partition coefficient (Wildman–Crippen LogP) is 1.66. The Morgan fingerprint density at radius 1 is 1.30 bits per heavy atom. The molecular weight excluding hydrogens is 474 g/mol. The van der Waals surface area contributed by atoms with Gasteiger partial charge in [-0.3, -0.25) is 9.59 Å². The number of aryl methyl sites for hydroxylation is 1. The Labute approximate surface area is 217 Å². The third kappa shape index (κ3) is 4.96. The van der Waals surface area contributed by atoms with Crippen LogP contribution >= 0.6 is 0 Å². The molecule has 37 heavy (non-hydrogen) atoms. The molecular formula is C27H37N5O5. The molecule has 2 heterocycles. The van der Waals surface area contributed by atoms with Gasteiger partial charge in [0.2, 0.25) is 11.8 Å². The summed E-state index contributed by atoms with van der Waals surface area (Å²) < 4.78 is 6.90. The van der Waals surface area contributed by atoms with Crippen LogP contribution in [0.5, 0.6) is 5.75 Å². The highest BCUT2D eigenvalue weighted by Crippen LogP contribution is 2.41. The smallest absolute Gasteiger partial charge is 0.248 e. The highest BCUT2D eigenvalue weighted by molar-refractivity contribution is 5.90. The summed E-state index contributed by atoms with van der Waals surface area (Å²) in [5.41, 5.74) is 0.968. The number of rotatable bonds is 7. The molecule has 5 rings (SSSR count). The van der Waals surface area contributed by atoms with Crippen molar-refractivity contribution in [2.24, 2.45) is 5.41 Å². The van der Waals surface area contributed by atoms with Crippen LogP contribution < -0.4 is 10.1 Å². The first-order chi connectivity index (χ1) is 17.5. The summed E-state index contributed by atoms with van der Waals surface area (Å²) in [4.78, 5) is 28.7. The van der Waals surface area contributed by atoms with Gasteiger partial charge in [-0.1, -0.05) is 32.1 Å². The summed E-state index contributed by atoms with van der Waals surface area (Å²) in [5, 5.41) is 33.2. The van der Waals surface area contributed by atoms with Gasteiger partial charge in [-0.05, 0) is 54.4 Å². The van der Waals surface area contributed by atoms with Crippen LogP contribution in [-0.2, 0) is 21.6 Å². The fraction of sp³-hybridized carbons (Fsp3) is 0.630. The van der Waals surface area contributed by atoms with Crippen LogP contribution in [0.25, 0.3) is 0 Å². The van der Waals surface area contributed by atoms with Crippen molar-refractivity contribution in [1.82, 2.24) is 25.2 Å². The first kappa shape index (κ1) is 25.7. The largest absolute Gasteiger partial charge is 0.497 e. The Balaban J connectivity index is 1.31. The Morgan fingerprint density at radius 3 is 2.73 bits per heavy atom. The zero-order valence-electron chi connectivity index (χ0n) is 22.0. The minimum absolute atomic E-state index is 0.0241. The molecule has 0 bridgehead atoms. The second-order valence-electron chi connectivity index (χ2n) is 11.8. The topological polar surface area (TPSA) is 130 Å². The van der Waals surface area contributed by atoms with E-state index in [-0.39, 0.29) is 31.3 Å². The molecule has 3 aliphatic rings. The Kier molecular flexibility index (Phi) is 6.52. The van der Waals surface area contributed by atoms with Crippen LogP contribution in [0.15, 0.2) is 24.4 Å². The lowest BCUT2D eigenvalue weighted by Gasteiger charge is -2.35. The van der Waals surface area contributed by atoms with Gasteiger partial charge in [0.15, 0.2) is 0 Å². The summed E-state index contributed by atoms with van der Waals surface area (Å²) in [6.07, 6.45) is 4.50. The number of aliphatic hydroxyl groups is 2. The van der Waals surface area contributed by atoms with Crippen molar-refractivity contribution < 1.29 is 24.5 Å². The van der Waals surface area contributed by atoms with Crippen molar-refractivity contribution in [2.45, 2.75) is 82.6 Å². The average molecular weight is 512 g/mol. The van der Waals surface area contributed by atoms with Crippen molar-refractivity contribution in [3.8, 4) is 5.75 Å². The first-order valence-corrected chi connectivity index (χ1v) is 13.1. The predicted molar refractivity (Wildman–Crippen MR) is 135 cm³/mol. The van der Waals surface area contributed by atoms with Gasteiger partial charge in [0.1, 0.15) is 23.4 Å². The minimum atomic E-state index is -1.20. The summed E-state index contributed by atoms with van der Waals surface area (Å²) in [7, 11) is 1.60. The van der Waals surface area contributed by atoms with E-state index in [2.05, 4.69) is 15.6 Å². The Bertz CT molecular complexity index is 1190. The fourth-order valence-corrected chi connectivity index (χ4v) is 5.69. The molecule has 0 spiro atoms. The number of amides is 2. The quantitative estimate of drug-likeness (QED) is 0.516. The zero-order chi connectivity index (χ0) is 26.5. The second kappa shape index (κ2) is 9.40. The summed E-state index contributed by atoms with van der Waals surface area (Å²) in [6.45, 7) is 5.96. The van der Waals surface area contributed by atoms with E-state index in [4.69, 9.17) is 4.74 Å². The highest BCUT2D eigenvalue weighted by Gasteiger charge is 2.46. The lowest BCUT2D eigenvalue weighted by molar-refractivity contribution is -0.144. The fourth-order valence-electron chi connectivity index (χ4n) is 5.69. The maximum Gasteiger partial charge on any atom is 0.248 e. The van der Waals surface area contributed by atoms with E-state index in [0.29, 0.717) is 18.8 Å². The van der Waals surface area contributed by atoms with E-state index in [1.165, 1.54) is 4.90 Å². The van der Waals surface area contributed by atoms with Crippen LogP contribution in [0.1, 0.15) is 75.2 Å². The Hall–Kier alpha value is -2.98. The molecule has 200 valence electrons. The van der Waals surface area contributed by atoms with Gasteiger partial charge in [0.25, 0.3) is 0 Å². The lowest BCUT2D eigenvalue weighted by Crippen LogP contribution is -2.52. The normalized spacial score (nSPS) is 26.2. The molecule has 1 aromatic heterocycles. The molecule has 1 saturated carbocycles. The van der Waals surface area contributed by atoms with Gasteiger partial charge in [-0.25, -0.2) is 4.68 Å². The molecule has 2 fully saturated rings. The minimum Gasteiger partial charge on any atom is -0.497 e. The number of hydrogen-bond acceptors (Lipinski definition) is 7. The lowest BCUT2D eigenvalue weighted by atomic mass is 9.85. The third-order valence-corrected chi connectivity index (χ3v) is 7.88. The van der Waals surface area contributed by atoms with E-state index in [1.807, 2.05) is 39.1 Å². The van der Waals surface area contributed by atoms with E-state index < -0.39 is 29.2 Å². The van der Waals surface area contributed by atoms with Crippen LogP contribution in [0.3, 0.4) is 0 Å². The van der Waals surface area contributed by atoms with Crippen molar-refractivity contribution in [1.29, 1.82) is 0 Å². The van der Waals surface area contributed by atoms with Crippen LogP contribution in [0.2, 0.25) is 0 Å². The molecule has 10 heteroatoms. The van der Waals surface area contributed by atoms with Crippen molar-refractivity contribution in [3.63, 3.8) is 0 Å². The number of hydrogen-bond donors (Lipinski definition) is 3. The number of β-amino-alcohol motifs (C(OH)–C–C–N with tert-alkyl or cyclic N) is 1. The average Bonchev–Trinajstić information content (AvgIpc) is 3.31. The number of likely N-dealkylation sites (tertiary alicyclic amines) is 1. The molecule has 4 atom stereocenters. The van der Waals surface area contributed by atoms with E-state index in [1.54, 1.807) is 17.9 Å². The second-order valence-corrected chi connectivity index (χ2v) is 11.8. The number of nitrogens with one attached hydrogen (secondary N) is 1. The number of aromatic nitrogens is 3. The first-order valence-electron chi connectivity index (χ1n) is 13.1. The maximum atomic E-state index is 13.9.